The summed E-state index contributed by atoms with van der Waals surface area (Å²) < 4.78 is 0. The minimum atomic E-state index is 0.0788. The Morgan fingerprint density at radius 2 is 1.81 bits per heavy atom. The Hall–Kier alpha value is -1.92. The van der Waals surface area contributed by atoms with Gasteiger partial charge in [0.25, 0.3) is 0 Å². The van der Waals surface area contributed by atoms with Gasteiger partial charge >= 0.3 is 0 Å². The molecule has 5 nitrogen and oxygen atoms in total. The van der Waals surface area contributed by atoms with Crippen LogP contribution in [0.4, 0.5) is 0 Å². The molecule has 2 aromatic heterocycles. The Morgan fingerprint density at radius 3 is 2.58 bits per heavy atom. The second kappa shape index (κ2) is 9.29. The van der Waals surface area contributed by atoms with Gasteiger partial charge in [-0.15, -0.1) is 10.9 Å². The van der Waals surface area contributed by atoms with Crippen molar-refractivity contribution in [1.82, 2.24) is 19.9 Å². The average Bonchev–Trinajstić information content (AvgIpc) is 3.12. The van der Waals surface area contributed by atoms with E-state index in [1.807, 2.05) is 6.07 Å². The van der Waals surface area contributed by atoms with E-state index in [1.165, 1.54) is 0 Å². The van der Waals surface area contributed by atoms with Gasteiger partial charge in [-0.1, -0.05) is 10.9 Å². The Labute approximate surface area is 190 Å². The van der Waals surface area contributed by atoms with Crippen molar-refractivity contribution in [3.63, 3.8) is 0 Å². The second-order valence-electron chi connectivity index (χ2n) is 8.24. The van der Waals surface area contributed by atoms with E-state index in [1.54, 1.807) is 6.07 Å². The van der Waals surface area contributed by atoms with Crippen molar-refractivity contribution < 1.29 is 0 Å². The topological polar surface area (TPSA) is 70.8 Å². The molecule has 0 amide bonds. The molecule has 1 aliphatic carbocycles. The van der Waals surface area contributed by atoms with Crippen molar-refractivity contribution in [3.05, 3.63) is 29.2 Å². The van der Waals surface area contributed by atoms with Gasteiger partial charge in [-0.3, -0.25) is 9.88 Å². The number of pyridine rings is 1. The van der Waals surface area contributed by atoms with Gasteiger partial charge in [0.15, 0.2) is 0 Å². The number of hydrogen-bond donors (Lipinski definition) is 2. The highest BCUT2D eigenvalue weighted by Gasteiger charge is 2.29. The van der Waals surface area contributed by atoms with E-state index in [-0.39, 0.29) is 6.04 Å². The van der Waals surface area contributed by atoms with E-state index >= 15 is 0 Å². The fraction of sp³-hybridized carbons (Fsp3) is 0.429. The molecule has 3 aromatic rings. The number of benzene rings is 1. The van der Waals surface area contributed by atoms with Crippen LogP contribution >= 0.6 is 0 Å². The molecule has 10 radical (unpaired) electrons. The molecule has 31 heavy (non-hydrogen) atoms. The first kappa shape index (κ1) is 22.3. The van der Waals surface area contributed by atoms with Crippen LogP contribution in [0.3, 0.4) is 0 Å². The Balaban J connectivity index is 1.68. The number of fused-ring (bicyclic) bond motifs is 2. The van der Waals surface area contributed by atoms with E-state index in [9.17, 15) is 0 Å². The van der Waals surface area contributed by atoms with Crippen LogP contribution in [0, 0.1) is 0 Å². The van der Waals surface area contributed by atoms with Crippen LogP contribution in [0.25, 0.3) is 11.0 Å². The van der Waals surface area contributed by atoms with E-state index in [0.717, 1.165) is 66.8 Å². The number of nitrogens with two attached hydrogens (primary N) is 1. The molecule has 0 saturated heterocycles. The standard InChI is InChI=1S/C21H22B5N5/c22-12-8-14-15(9-13(12)23)29-17(28-14)10-31(7-2-1-6-27)16-5-3-4-11-18(24)19(25)21(26)30-20(11)16/h8-9,16H,1-7,10,27H2,(H,28,29)/t16-/m0/s1. The smallest absolute Gasteiger partial charge is 0.140 e. The number of imidazole rings is 1. The third-order valence-electron chi connectivity index (χ3n) is 6.09. The molecule has 0 fully saturated rings. The third kappa shape index (κ3) is 4.51. The molecule has 1 atom stereocenters. The predicted molar refractivity (Wildman–Crippen MR) is 132 cm³/mol. The lowest BCUT2D eigenvalue weighted by molar-refractivity contribution is 0.160. The molecule has 10 heteroatoms. The van der Waals surface area contributed by atoms with Gasteiger partial charge in [-0.25, -0.2) is 4.98 Å². The molecule has 0 aliphatic heterocycles. The van der Waals surface area contributed by atoms with E-state index in [0.29, 0.717) is 40.5 Å². The molecule has 0 saturated carbocycles. The van der Waals surface area contributed by atoms with Crippen LogP contribution in [0.2, 0.25) is 0 Å². The van der Waals surface area contributed by atoms with Gasteiger partial charge in [0.05, 0.1) is 29.3 Å². The zero-order chi connectivity index (χ0) is 22.1. The van der Waals surface area contributed by atoms with Crippen molar-refractivity contribution in [3.8, 4) is 0 Å². The summed E-state index contributed by atoms with van der Waals surface area (Å²) in [5.74, 6) is 0.844. The summed E-state index contributed by atoms with van der Waals surface area (Å²) in [7, 11) is 30.3. The molecule has 1 aromatic carbocycles. The summed E-state index contributed by atoms with van der Waals surface area (Å²) >= 11 is 0. The van der Waals surface area contributed by atoms with E-state index in [4.69, 9.17) is 49.9 Å². The molecule has 3 N–H and O–H groups in total. The maximum atomic E-state index is 6.30. The highest BCUT2D eigenvalue weighted by molar-refractivity contribution is 6.56. The number of aromatic amines is 1. The van der Waals surface area contributed by atoms with Gasteiger partial charge in [0.2, 0.25) is 0 Å². The number of H-pyrrole nitrogens is 1. The minimum absolute atomic E-state index is 0.0788. The van der Waals surface area contributed by atoms with Crippen LogP contribution in [-0.2, 0) is 13.0 Å². The normalized spacial score (nSPS) is 16.1. The average molecular weight is 399 g/mol. The zero-order valence-corrected chi connectivity index (χ0v) is 17.7. The molecule has 146 valence electrons. The number of rotatable bonds is 7. The summed E-state index contributed by atoms with van der Waals surface area (Å²) in [5, 5.41) is 0. The van der Waals surface area contributed by atoms with E-state index < -0.39 is 0 Å². The highest BCUT2D eigenvalue weighted by Crippen LogP contribution is 2.32. The maximum Gasteiger partial charge on any atom is 0.140 e. The van der Waals surface area contributed by atoms with Crippen LogP contribution in [0.15, 0.2) is 12.1 Å². The lowest BCUT2D eigenvalue weighted by Crippen LogP contribution is -2.47. The number of aromatic nitrogens is 3. The van der Waals surface area contributed by atoms with Gasteiger partial charge in [0.1, 0.15) is 45.1 Å². The molecule has 1 aliphatic rings. The van der Waals surface area contributed by atoms with Crippen LogP contribution < -0.4 is 33.2 Å². The number of nitrogens with zero attached hydrogens (tertiary/aromatic N) is 3. The molecule has 0 bridgehead atoms. The van der Waals surface area contributed by atoms with Crippen molar-refractivity contribution >= 4 is 77.7 Å². The first-order chi connectivity index (χ1) is 14.9. The summed E-state index contributed by atoms with van der Waals surface area (Å²) in [6, 6.07) is 3.70. The Bertz CT molecular complexity index is 1060. The summed E-state index contributed by atoms with van der Waals surface area (Å²) in [5.41, 5.74) is 11.6. The van der Waals surface area contributed by atoms with E-state index in [2.05, 4.69) is 14.9 Å². The van der Waals surface area contributed by atoms with Gasteiger partial charge in [0, 0.05) is 0 Å². The summed E-state index contributed by atoms with van der Waals surface area (Å²) in [6.07, 6.45) is 4.75. The predicted octanol–water partition coefficient (Wildman–Crippen LogP) is -2.45. The maximum absolute atomic E-state index is 6.30. The number of hydrogen-bond acceptors (Lipinski definition) is 4. The van der Waals surface area contributed by atoms with Crippen LogP contribution in [-0.4, -0.2) is 72.2 Å². The molecule has 4 rings (SSSR count). The van der Waals surface area contributed by atoms with Crippen molar-refractivity contribution in [2.75, 3.05) is 13.1 Å². The van der Waals surface area contributed by atoms with Crippen LogP contribution in [0.1, 0.15) is 48.8 Å². The molecule has 0 spiro atoms. The number of nitrogens with one attached hydrogen (secondary N) is 1. The molecular weight excluding hydrogens is 376 g/mol. The first-order valence-corrected chi connectivity index (χ1v) is 10.7. The Morgan fingerprint density at radius 1 is 1.03 bits per heavy atom. The van der Waals surface area contributed by atoms with Crippen molar-refractivity contribution in [2.24, 2.45) is 5.73 Å². The second-order valence-corrected chi connectivity index (χ2v) is 8.24. The fourth-order valence-corrected chi connectivity index (χ4v) is 4.41. The van der Waals surface area contributed by atoms with Crippen LogP contribution in [0.5, 0.6) is 0 Å². The van der Waals surface area contributed by atoms with Gasteiger partial charge < -0.3 is 10.7 Å². The number of unbranched alkanes of at least 4 members (excludes halogenated alkanes) is 1. The van der Waals surface area contributed by atoms with Gasteiger partial charge in [-0.2, -0.15) is 0 Å². The molecule has 2 heterocycles. The lowest BCUT2D eigenvalue weighted by Gasteiger charge is -2.36. The minimum Gasteiger partial charge on any atom is -0.341 e. The van der Waals surface area contributed by atoms with Crippen molar-refractivity contribution in [1.29, 1.82) is 0 Å². The zero-order valence-electron chi connectivity index (χ0n) is 17.7. The monoisotopic (exact) mass is 399 g/mol. The third-order valence-corrected chi connectivity index (χ3v) is 6.09. The largest absolute Gasteiger partial charge is 0.341 e. The Kier molecular flexibility index (Phi) is 6.68. The highest BCUT2D eigenvalue weighted by atomic mass is 15.2. The summed E-state index contributed by atoms with van der Waals surface area (Å²) in [6.45, 7) is 2.14. The first-order valence-electron chi connectivity index (χ1n) is 10.7. The quantitative estimate of drug-likeness (QED) is 0.342. The molecule has 0 unspecified atom stereocenters. The summed E-state index contributed by atoms with van der Waals surface area (Å²) in [4.78, 5) is 15.1. The fourth-order valence-electron chi connectivity index (χ4n) is 4.41. The van der Waals surface area contributed by atoms with Crippen molar-refractivity contribution in [2.45, 2.75) is 44.7 Å². The SMILES string of the molecule is [B]c1cc2nc(CN(CCCCN)[C@H]3CCCc4c3nc([B])c([B])c4[B])[nH]c2cc1[B]. The van der Waals surface area contributed by atoms with Gasteiger partial charge in [-0.05, 0) is 68.5 Å². The molecular formula is C21H22B5N5. The lowest BCUT2D eigenvalue weighted by atomic mass is 9.70.